The molecule has 4 aromatic rings. The average Bonchev–Trinajstić information content (AvgIpc) is 3.62. The Hall–Kier alpha value is -4.12. The molecule has 2 aliphatic heterocycles. The lowest BCUT2D eigenvalue weighted by molar-refractivity contribution is 0.0449. The third-order valence-corrected chi connectivity index (χ3v) is 6.78. The maximum Gasteiger partial charge on any atom is 0.258 e. The number of fused-ring (bicyclic) bond motifs is 8. The first-order valence-electron chi connectivity index (χ1n) is 11.8. The fourth-order valence-corrected chi connectivity index (χ4v) is 5.42. The molecule has 1 unspecified atom stereocenters. The van der Waals surface area contributed by atoms with E-state index in [0.717, 1.165) is 44.0 Å². The first kappa shape index (κ1) is 26.0. The number of methoxy groups -OCH3 is 1. The Bertz CT molecular complexity index is 1630. The normalized spacial score (nSPS) is 18.5. The first-order valence-corrected chi connectivity index (χ1v) is 11.8. The topological polar surface area (TPSA) is 92.1 Å². The van der Waals surface area contributed by atoms with Crippen LogP contribution < -0.4 is 5.32 Å². The van der Waals surface area contributed by atoms with E-state index in [9.17, 15) is 4.79 Å². The molecule has 0 saturated carbocycles. The highest BCUT2D eigenvalue weighted by Crippen LogP contribution is 2.45. The Labute approximate surface area is 216 Å². The molecule has 0 radical (unpaired) electrons. The molecular weight excluding hydrogens is 464 g/mol. The van der Waals surface area contributed by atoms with Gasteiger partial charge in [0, 0.05) is 46.5 Å². The van der Waals surface area contributed by atoms with Crippen molar-refractivity contribution in [2.24, 2.45) is 0 Å². The minimum Gasteiger partial charge on any atom is -0.379 e. The number of amidine groups is 1. The largest absolute Gasteiger partial charge is 0.379 e. The van der Waals surface area contributed by atoms with Crippen LogP contribution in [0.25, 0.3) is 44.9 Å². The lowest BCUT2D eigenvalue weighted by Gasteiger charge is -2.16. The van der Waals surface area contributed by atoms with Crippen LogP contribution in [0.4, 0.5) is 0 Å². The molecule has 2 atom stereocenters. The standard InChI is InChI=1S/C26H24N4O3.C3H4.CH4/c1-4-8-14-16(5-2)28-23-19(14)21-22(26(31)29-25(21)27)20-15-9-6-7-10-17(15)30(24(20)23)18-11-13(32-3)12-33-18;1-3-2;/h4-10,13,18,28H,2,11-12H2,1,3H3,(H2,27,29,31);1H,2H3;1H4/b8-4-;;/t13-,18?;;/m0../s1. The molecular formula is C30H32N4O3. The van der Waals surface area contributed by atoms with Gasteiger partial charge < -0.3 is 24.3 Å². The van der Waals surface area contributed by atoms with Crippen LogP contribution in [0.2, 0.25) is 0 Å². The number of allylic oxidation sites excluding steroid dienone is 1. The Morgan fingerprint density at radius 2 is 2.03 bits per heavy atom. The van der Waals surface area contributed by atoms with Gasteiger partial charge in [0.25, 0.3) is 5.91 Å². The maximum atomic E-state index is 13.2. The van der Waals surface area contributed by atoms with E-state index in [-0.39, 0.29) is 31.5 Å². The zero-order valence-electron chi connectivity index (χ0n) is 20.6. The van der Waals surface area contributed by atoms with Crippen molar-refractivity contribution in [3.63, 3.8) is 0 Å². The molecule has 1 amide bonds. The molecule has 1 fully saturated rings. The van der Waals surface area contributed by atoms with Gasteiger partial charge in [0.05, 0.1) is 34.8 Å². The quantitative estimate of drug-likeness (QED) is 0.293. The van der Waals surface area contributed by atoms with Crippen LogP contribution in [-0.2, 0) is 9.47 Å². The number of rotatable bonds is 4. The van der Waals surface area contributed by atoms with Gasteiger partial charge in [0.2, 0.25) is 0 Å². The first-order chi connectivity index (χ1) is 17.5. The number of carbonyl (C=O) groups excluding carboxylic acids is 1. The highest BCUT2D eigenvalue weighted by atomic mass is 16.6. The van der Waals surface area contributed by atoms with Gasteiger partial charge in [-0.15, -0.1) is 12.3 Å². The Morgan fingerprint density at radius 3 is 2.68 bits per heavy atom. The predicted octanol–water partition coefficient (Wildman–Crippen LogP) is 6.23. The summed E-state index contributed by atoms with van der Waals surface area (Å²) in [6, 6.07) is 8.06. The molecule has 6 rings (SSSR count). The van der Waals surface area contributed by atoms with Crippen molar-refractivity contribution in [3.05, 3.63) is 59.3 Å². The molecule has 4 heterocycles. The van der Waals surface area contributed by atoms with Crippen LogP contribution in [0, 0.1) is 17.8 Å². The minimum atomic E-state index is -0.250. The second kappa shape index (κ2) is 10.1. The highest BCUT2D eigenvalue weighted by molar-refractivity contribution is 6.37. The van der Waals surface area contributed by atoms with Crippen molar-refractivity contribution in [3.8, 4) is 12.3 Å². The Kier molecular flexibility index (Phi) is 7.08. The number of nitrogens with zero attached hydrogens (tertiary/aromatic N) is 1. The predicted molar refractivity (Wildman–Crippen MR) is 152 cm³/mol. The zero-order valence-corrected chi connectivity index (χ0v) is 20.6. The number of hydrogen-bond donors (Lipinski definition) is 3. The number of benzene rings is 2. The van der Waals surface area contributed by atoms with Crippen molar-refractivity contribution in [1.29, 1.82) is 5.41 Å². The van der Waals surface area contributed by atoms with Crippen molar-refractivity contribution >= 4 is 56.6 Å². The summed E-state index contributed by atoms with van der Waals surface area (Å²) in [7, 11) is 1.70. The van der Waals surface area contributed by atoms with Gasteiger partial charge in [-0.2, -0.15) is 0 Å². The number of amides is 1. The third-order valence-electron chi connectivity index (χ3n) is 6.78. The fraction of sp³-hybridized carbons (Fsp3) is 0.267. The minimum absolute atomic E-state index is 0. The number of para-hydroxylation sites is 1. The average molecular weight is 497 g/mol. The summed E-state index contributed by atoms with van der Waals surface area (Å²) in [6.45, 7) is 8.11. The molecule has 37 heavy (non-hydrogen) atoms. The summed E-state index contributed by atoms with van der Waals surface area (Å²) in [6.07, 6.45) is 10.8. The summed E-state index contributed by atoms with van der Waals surface area (Å²) in [5, 5.41) is 14.0. The van der Waals surface area contributed by atoms with Crippen molar-refractivity contribution in [1.82, 2.24) is 14.9 Å². The van der Waals surface area contributed by atoms with Crippen molar-refractivity contribution in [2.45, 2.75) is 40.0 Å². The van der Waals surface area contributed by atoms with Crippen LogP contribution in [0.1, 0.15) is 61.1 Å². The number of nitrogens with one attached hydrogen (secondary N) is 3. The van der Waals surface area contributed by atoms with Crippen LogP contribution in [0.15, 0.2) is 36.9 Å². The second-order valence-corrected chi connectivity index (χ2v) is 8.77. The summed E-state index contributed by atoms with van der Waals surface area (Å²) in [5.74, 6) is 2.12. The Balaban J connectivity index is 0.000000765. The monoisotopic (exact) mass is 496 g/mol. The third kappa shape index (κ3) is 3.77. The molecule has 0 spiro atoms. The van der Waals surface area contributed by atoms with E-state index in [1.807, 2.05) is 37.3 Å². The number of aromatic nitrogens is 2. The van der Waals surface area contributed by atoms with Crippen LogP contribution >= 0.6 is 0 Å². The van der Waals surface area contributed by atoms with E-state index in [1.165, 1.54) is 0 Å². The van der Waals surface area contributed by atoms with Gasteiger partial charge in [-0.25, -0.2) is 0 Å². The fourth-order valence-electron chi connectivity index (χ4n) is 5.42. The second-order valence-electron chi connectivity index (χ2n) is 8.77. The smallest absolute Gasteiger partial charge is 0.258 e. The van der Waals surface area contributed by atoms with Gasteiger partial charge in [-0.1, -0.05) is 44.4 Å². The van der Waals surface area contributed by atoms with Crippen LogP contribution in [0.3, 0.4) is 0 Å². The zero-order chi connectivity index (χ0) is 25.6. The van der Waals surface area contributed by atoms with Crippen LogP contribution in [0.5, 0.6) is 0 Å². The summed E-state index contributed by atoms with van der Waals surface area (Å²) >= 11 is 0. The molecule has 7 nitrogen and oxygen atoms in total. The van der Waals surface area contributed by atoms with E-state index >= 15 is 0 Å². The number of ether oxygens (including phenoxy) is 2. The maximum absolute atomic E-state index is 13.2. The highest BCUT2D eigenvalue weighted by Gasteiger charge is 2.36. The molecule has 0 aliphatic carbocycles. The molecule has 1 saturated heterocycles. The molecule has 0 bridgehead atoms. The Morgan fingerprint density at radius 1 is 1.30 bits per heavy atom. The SMILES string of the molecule is C.C#CC.C=Cc1[nH]c2c(c1/C=C\C)c1c(c3c4ccccc4n(C4C[C@H](OC)CO4)c23)C(=O)NC1=N. The van der Waals surface area contributed by atoms with Gasteiger partial charge in [-0.05, 0) is 26.0 Å². The van der Waals surface area contributed by atoms with Gasteiger partial charge >= 0.3 is 0 Å². The van der Waals surface area contributed by atoms with Gasteiger partial charge in [0.15, 0.2) is 0 Å². The molecule has 2 aliphatic rings. The molecule has 190 valence electrons. The van der Waals surface area contributed by atoms with E-state index < -0.39 is 0 Å². The number of carbonyl (C=O) groups is 1. The molecule has 2 aromatic heterocycles. The van der Waals surface area contributed by atoms with Gasteiger partial charge in [-0.3, -0.25) is 10.2 Å². The van der Waals surface area contributed by atoms with E-state index in [4.69, 9.17) is 14.9 Å². The van der Waals surface area contributed by atoms with Crippen LogP contribution in [-0.4, -0.2) is 41.1 Å². The van der Waals surface area contributed by atoms with Crippen molar-refractivity contribution < 1.29 is 14.3 Å². The number of terminal acetylenes is 1. The molecule has 2 aromatic carbocycles. The lowest BCUT2D eigenvalue weighted by atomic mass is 9.95. The van der Waals surface area contributed by atoms with E-state index in [1.54, 1.807) is 20.1 Å². The summed E-state index contributed by atoms with van der Waals surface area (Å²) in [5.41, 5.74) is 5.69. The molecule has 7 heteroatoms. The van der Waals surface area contributed by atoms with Crippen molar-refractivity contribution in [2.75, 3.05) is 13.7 Å². The molecule has 3 N–H and O–H groups in total. The summed E-state index contributed by atoms with van der Waals surface area (Å²) in [4.78, 5) is 16.7. The van der Waals surface area contributed by atoms with E-state index in [2.05, 4.69) is 39.9 Å². The summed E-state index contributed by atoms with van der Waals surface area (Å²) < 4.78 is 13.9. The number of H-pyrrole nitrogens is 1. The number of aromatic amines is 1. The number of hydrogen-bond acceptors (Lipinski definition) is 4. The van der Waals surface area contributed by atoms with Gasteiger partial charge in [0.1, 0.15) is 12.1 Å². The lowest BCUT2D eigenvalue weighted by Crippen LogP contribution is -2.20. The van der Waals surface area contributed by atoms with E-state index in [0.29, 0.717) is 24.2 Å².